The molecule has 1 aromatic heterocycles. The van der Waals surface area contributed by atoms with Crippen LogP contribution in [0.3, 0.4) is 0 Å². The summed E-state index contributed by atoms with van der Waals surface area (Å²) in [5, 5.41) is 12.6. The Morgan fingerprint density at radius 3 is 2.60 bits per heavy atom. The normalized spacial score (nSPS) is 11.7. The van der Waals surface area contributed by atoms with Gasteiger partial charge in [-0.05, 0) is 51.0 Å². The second-order valence-corrected chi connectivity index (χ2v) is 6.14. The Morgan fingerprint density at radius 1 is 1.28 bits per heavy atom. The summed E-state index contributed by atoms with van der Waals surface area (Å²) < 4.78 is 1.85. The van der Waals surface area contributed by atoms with Gasteiger partial charge in [0.05, 0.1) is 5.69 Å². The first kappa shape index (κ1) is 18.5. The first-order valence-electron chi connectivity index (χ1n) is 8.20. The molecule has 0 aliphatic rings. The molecule has 2 rings (SSSR count). The predicted molar refractivity (Wildman–Crippen MR) is 97.8 cm³/mol. The van der Waals surface area contributed by atoms with Crippen LogP contribution in [0.25, 0.3) is 0 Å². The van der Waals surface area contributed by atoms with Gasteiger partial charge in [0.25, 0.3) is 5.91 Å². The number of anilines is 1. The van der Waals surface area contributed by atoms with Gasteiger partial charge in [-0.15, -0.1) is 0 Å². The van der Waals surface area contributed by atoms with Crippen molar-refractivity contribution in [3.63, 3.8) is 0 Å². The number of carbonyl (C=O) groups is 2. The van der Waals surface area contributed by atoms with E-state index in [2.05, 4.69) is 21.0 Å². The molecule has 0 spiro atoms. The number of hydrogen-bond donors (Lipinski definition) is 3. The number of benzene rings is 1. The number of urea groups is 1. The lowest BCUT2D eigenvalue weighted by atomic mass is 10.1. The quantitative estimate of drug-likeness (QED) is 0.777. The molecule has 3 amide bonds. The van der Waals surface area contributed by atoms with Gasteiger partial charge in [0.2, 0.25) is 0 Å². The van der Waals surface area contributed by atoms with Crippen molar-refractivity contribution in [1.82, 2.24) is 20.4 Å². The highest BCUT2D eigenvalue weighted by Crippen LogP contribution is 2.14. The second-order valence-electron chi connectivity index (χ2n) is 6.14. The van der Waals surface area contributed by atoms with E-state index < -0.39 is 0 Å². The van der Waals surface area contributed by atoms with Crippen LogP contribution in [-0.4, -0.2) is 34.8 Å². The third-order valence-electron chi connectivity index (χ3n) is 4.16. The molecule has 0 saturated carbocycles. The van der Waals surface area contributed by atoms with Gasteiger partial charge in [-0.1, -0.05) is 6.07 Å². The van der Waals surface area contributed by atoms with E-state index >= 15 is 0 Å². The Hall–Kier alpha value is -2.83. The van der Waals surface area contributed by atoms with Gasteiger partial charge in [-0.25, -0.2) is 4.79 Å². The molecule has 0 fully saturated rings. The number of aryl methyl sites for hydroxylation is 2. The number of carbonyl (C=O) groups excluding carboxylic acids is 2. The standard InChI is InChI=1S/C18H25N5O2/c1-11(9-16-12(2)22-23(5)13(16)3)20-18(25)21-15-8-6-7-14(10-15)17(24)19-4/h6-8,10-11H,9H2,1-5H3,(H,19,24)(H2,20,21,25). The molecule has 0 radical (unpaired) electrons. The van der Waals surface area contributed by atoms with Gasteiger partial charge in [-0.2, -0.15) is 5.10 Å². The third-order valence-corrected chi connectivity index (χ3v) is 4.16. The van der Waals surface area contributed by atoms with Crippen molar-refractivity contribution in [1.29, 1.82) is 0 Å². The van der Waals surface area contributed by atoms with Gasteiger partial charge in [0.1, 0.15) is 0 Å². The molecule has 1 atom stereocenters. The van der Waals surface area contributed by atoms with Crippen LogP contribution in [0.5, 0.6) is 0 Å². The fraction of sp³-hybridized carbons (Fsp3) is 0.389. The zero-order valence-corrected chi connectivity index (χ0v) is 15.3. The smallest absolute Gasteiger partial charge is 0.319 e. The molecule has 25 heavy (non-hydrogen) atoms. The molecule has 0 aliphatic heterocycles. The van der Waals surface area contributed by atoms with E-state index in [4.69, 9.17) is 0 Å². The van der Waals surface area contributed by atoms with Crippen LogP contribution in [0.15, 0.2) is 24.3 Å². The summed E-state index contributed by atoms with van der Waals surface area (Å²) in [6, 6.07) is 6.44. The molecule has 1 aromatic carbocycles. The Morgan fingerprint density at radius 2 is 2.00 bits per heavy atom. The molecule has 1 heterocycles. The summed E-state index contributed by atoms with van der Waals surface area (Å²) >= 11 is 0. The van der Waals surface area contributed by atoms with Gasteiger partial charge >= 0.3 is 6.03 Å². The highest BCUT2D eigenvalue weighted by molar-refractivity contribution is 5.96. The van der Waals surface area contributed by atoms with E-state index in [1.807, 2.05) is 32.5 Å². The van der Waals surface area contributed by atoms with Crippen LogP contribution in [0, 0.1) is 13.8 Å². The van der Waals surface area contributed by atoms with Crippen LogP contribution >= 0.6 is 0 Å². The average Bonchev–Trinajstić information content (AvgIpc) is 2.80. The summed E-state index contributed by atoms with van der Waals surface area (Å²) in [4.78, 5) is 23.8. The van der Waals surface area contributed by atoms with E-state index in [9.17, 15) is 9.59 Å². The summed E-state index contributed by atoms with van der Waals surface area (Å²) in [6.45, 7) is 5.94. The van der Waals surface area contributed by atoms with Crippen LogP contribution in [0.2, 0.25) is 0 Å². The summed E-state index contributed by atoms with van der Waals surface area (Å²) in [6.07, 6.45) is 0.706. The Balaban J connectivity index is 1.97. The van der Waals surface area contributed by atoms with E-state index in [1.54, 1.807) is 31.3 Å². The minimum absolute atomic E-state index is 0.0521. The number of nitrogens with one attached hydrogen (secondary N) is 3. The predicted octanol–water partition coefficient (Wildman–Crippen LogP) is 2.15. The monoisotopic (exact) mass is 343 g/mol. The van der Waals surface area contributed by atoms with E-state index in [0.717, 1.165) is 17.0 Å². The lowest BCUT2D eigenvalue weighted by molar-refractivity contribution is 0.0963. The van der Waals surface area contributed by atoms with Crippen molar-refractivity contribution in [3.8, 4) is 0 Å². The number of hydrogen-bond acceptors (Lipinski definition) is 3. The summed E-state index contributed by atoms with van der Waals surface area (Å²) in [5.41, 5.74) is 4.29. The maximum absolute atomic E-state index is 12.2. The molecule has 3 N–H and O–H groups in total. The second kappa shape index (κ2) is 7.83. The van der Waals surface area contributed by atoms with E-state index in [-0.39, 0.29) is 18.0 Å². The van der Waals surface area contributed by atoms with E-state index in [0.29, 0.717) is 17.7 Å². The molecular weight excluding hydrogens is 318 g/mol. The Kier molecular flexibility index (Phi) is 5.80. The topological polar surface area (TPSA) is 88.1 Å². The van der Waals surface area contributed by atoms with Crippen molar-refractivity contribution in [2.75, 3.05) is 12.4 Å². The fourth-order valence-corrected chi connectivity index (χ4v) is 2.74. The van der Waals surface area contributed by atoms with Crippen molar-refractivity contribution in [3.05, 3.63) is 46.8 Å². The molecule has 1 unspecified atom stereocenters. The molecule has 0 bridgehead atoms. The highest BCUT2D eigenvalue weighted by Gasteiger charge is 2.15. The van der Waals surface area contributed by atoms with Gasteiger partial charge in [0.15, 0.2) is 0 Å². The first-order valence-corrected chi connectivity index (χ1v) is 8.20. The maximum atomic E-state index is 12.2. The minimum atomic E-state index is -0.305. The Labute approximate surface area is 147 Å². The summed E-state index contributed by atoms with van der Waals surface area (Å²) in [5.74, 6) is -0.194. The summed E-state index contributed by atoms with van der Waals surface area (Å²) in [7, 11) is 3.48. The molecule has 7 nitrogen and oxygen atoms in total. The van der Waals surface area contributed by atoms with Gasteiger partial charge in [-0.3, -0.25) is 9.48 Å². The van der Waals surface area contributed by atoms with Gasteiger partial charge in [0, 0.05) is 37.1 Å². The van der Waals surface area contributed by atoms with Crippen molar-refractivity contribution >= 4 is 17.6 Å². The molecule has 7 heteroatoms. The van der Waals surface area contributed by atoms with Crippen molar-refractivity contribution in [2.24, 2.45) is 7.05 Å². The molecule has 134 valence electrons. The van der Waals surface area contributed by atoms with Crippen LogP contribution < -0.4 is 16.0 Å². The third kappa shape index (κ3) is 4.59. The highest BCUT2D eigenvalue weighted by atomic mass is 16.2. The van der Waals surface area contributed by atoms with Crippen LogP contribution in [-0.2, 0) is 13.5 Å². The number of rotatable bonds is 5. The molecule has 0 aliphatic carbocycles. The van der Waals surface area contributed by atoms with Gasteiger partial charge < -0.3 is 16.0 Å². The molecule has 0 saturated heterocycles. The average molecular weight is 343 g/mol. The van der Waals surface area contributed by atoms with Crippen molar-refractivity contribution < 1.29 is 9.59 Å². The maximum Gasteiger partial charge on any atom is 0.319 e. The number of amides is 3. The zero-order valence-electron chi connectivity index (χ0n) is 15.3. The number of nitrogens with zero attached hydrogens (tertiary/aromatic N) is 2. The SMILES string of the molecule is CNC(=O)c1cccc(NC(=O)NC(C)Cc2c(C)nn(C)c2C)c1. The zero-order chi connectivity index (χ0) is 18.6. The first-order chi connectivity index (χ1) is 11.8. The lowest BCUT2D eigenvalue weighted by Gasteiger charge is -2.15. The lowest BCUT2D eigenvalue weighted by Crippen LogP contribution is -2.37. The Bertz CT molecular complexity index is 782. The van der Waals surface area contributed by atoms with Crippen LogP contribution in [0.1, 0.15) is 34.2 Å². The van der Waals surface area contributed by atoms with Crippen LogP contribution in [0.4, 0.5) is 10.5 Å². The molecular formula is C18H25N5O2. The van der Waals surface area contributed by atoms with Crippen molar-refractivity contribution in [2.45, 2.75) is 33.2 Å². The minimum Gasteiger partial charge on any atom is -0.355 e. The molecule has 2 aromatic rings. The fourth-order valence-electron chi connectivity index (χ4n) is 2.74. The largest absolute Gasteiger partial charge is 0.355 e. The number of aromatic nitrogens is 2. The van der Waals surface area contributed by atoms with E-state index in [1.165, 1.54) is 0 Å².